The van der Waals surface area contributed by atoms with Gasteiger partial charge in [-0.25, -0.2) is 18.1 Å². The summed E-state index contributed by atoms with van der Waals surface area (Å²) in [6, 6.07) is 6.42. The highest BCUT2D eigenvalue weighted by Gasteiger charge is 2.37. The van der Waals surface area contributed by atoms with Crippen LogP contribution in [0.25, 0.3) is 5.69 Å². The van der Waals surface area contributed by atoms with Crippen LogP contribution >= 0.6 is 0 Å². The average Bonchev–Trinajstić information content (AvgIpc) is 3.53. The van der Waals surface area contributed by atoms with Crippen molar-refractivity contribution < 1.29 is 21.6 Å². The van der Waals surface area contributed by atoms with Gasteiger partial charge in [0.1, 0.15) is 11.4 Å². The standard InChI is InChI=1S/C19H19F3N6O2S/c1-11-16(26-18-24-9-15(19(20,21)22)17(23-2)27-18)10-25-28(11)12-3-5-13(6-4-12)31(29,30)14-7-8-14/h3-6,9-10,14H,7-8H2,1-2H3,(H2,23,24,26,27). The maximum Gasteiger partial charge on any atom is 0.421 e. The topological polar surface area (TPSA) is 102 Å². The van der Waals surface area contributed by atoms with E-state index in [0.717, 1.165) is 0 Å². The zero-order chi connectivity index (χ0) is 22.4. The van der Waals surface area contributed by atoms with Crippen molar-refractivity contribution in [3.8, 4) is 5.69 Å². The van der Waals surface area contributed by atoms with Crippen molar-refractivity contribution in [2.24, 2.45) is 0 Å². The second kappa shape index (κ2) is 7.52. The van der Waals surface area contributed by atoms with E-state index in [9.17, 15) is 21.6 Å². The number of sulfone groups is 1. The molecule has 1 fully saturated rings. The van der Waals surface area contributed by atoms with Gasteiger partial charge in [-0.05, 0) is 44.0 Å². The summed E-state index contributed by atoms with van der Waals surface area (Å²) in [6.45, 7) is 1.76. The van der Waals surface area contributed by atoms with Gasteiger partial charge in [-0.2, -0.15) is 23.3 Å². The molecule has 0 aliphatic heterocycles. The first-order valence-electron chi connectivity index (χ1n) is 9.39. The van der Waals surface area contributed by atoms with Crippen LogP contribution in [0.4, 0.5) is 30.6 Å². The summed E-state index contributed by atoms with van der Waals surface area (Å²) >= 11 is 0. The summed E-state index contributed by atoms with van der Waals surface area (Å²) in [5.74, 6) is -0.367. The molecule has 3 aromatic rings. The molecule has 4 rings (SSSR count). The number of nitrogens with zero attached hydrogens (tertiary/aromatic N) is 4. The van der Waals surface area contributed by atoms with E-state index in [1.54, 1.807) is 35.9 Å². The minimum atomic E-state index is -4.57. The molecule has 31 heavy (non-hydrogen) atoms. The van der Waals surface area contributed by atoms with Crippen LogP contribution < -0.4 is 10.6 Å². The average molecular weight is 452 g/mol. The second-order valence-corrected chi connectivity index (χ2v) is 9.35. The minimum absolute atomic E-state index is 0.0223. The Balaban J connectivity index is 1.58. The number of benzene rings is 1. The van der Waals surface area contributed by atoms with E-state index >= 15 is 0 Å². The Morgan fingerprint density at radius 2 is 1.81 bits per heavy atom. The summed E-state index contributed by atoms with van der Waals surface area (Å²) in [5.41, 5.74) is 0.822. The maximum absolute atomic E-state index is 13.0. The smallest absolute Gasteiger partial charge is 0.372 e. The van der Waals surface area contributed by atoms with Crippen molar-refractivity contribution in [1.29, 1.82) is 0 Å². The number of aromatic nitrogens is 4. The molecule has 0 amide bonds. The van der Waals surface area contributed by atoms with Crippen molar-refractivity contribution in [3.63, 3.8) is 0 Å². The molecule has 1 saturated carbocycles. The SMILES string of the molecule is CNc1nc(Nc2cnn(-c3ccc(S(=O)(=O)C4CC4)cc3)c2C)ncc1C(F)(F)F. The first kappa shape index (κ1) is 21.1. The molecule has 2 aromatic heterocycles. The van der Waals surface area contributed by atoms with E-state index in [1.165, 1.54) is 13.2 Å². The van der Waals surface area contributed by atoms with Crippen molar-refractivity contribution in [3.05, 3.63) is 47.9 Å². The Bertz CT molecular complexity index is 1220. The molecule has 1 aliphatic carbocycles. The minimum Gasteiger partial charge on any atom is -0.372 e. The summed E-state index contributed by atoms with van der Waals surface area (Å²) < 4.78 is 65.3. The number of alkyl halides is 3. The van der Waals surface area contributed by atoms with Gasteiger partial charge in [-0.1, -0.05) is 0 Å². The van der Waals surface area contributed by atoms with Gasteiger partial charge >= 0.3 is 6.18 Å². The first-order chi connectivity index (χ1) is 14.6. The fourth-order valence-corrected chi connectivity index (χ4v) is 4.76. The predicted molar refractivity (Wildman–Crippen MR) is 108 cm³/mol. The normalized spacial score (nSPS) is 14.5. The van der Waals surface area contributed by atoms with Gasteiger partial charge in [0.2, 0.25) is 5.95 Å². The third-order valence-corrected chi connectivity index (χ3v) is 7.24. The molecule has 0 spiro atoms. The Labute approximate surface area is 176 Å². The lowest BCUT2D eigenvalue weighted by atomic mass is 10.3. The Morgan fingerprint density at radius 1 is 1.13 bits per heavy atom. The largest absolute Gasteiger partial charge is 0.421 e. The lowest BCUT2D eigenvalue weighted by Gasteiger charge is -2.13. The molecule has 2 heterocycles. The molecule has 2 N–H and O–H groups in total. The number of hydrogen-bond donors (Lipinski definition) is 2. The van der Waals surface area contributed by atoms with Crippen molar-refractivity contribution in [2.75, 3.05) is 17.7 Å². The lowest BCUT2D eigenvalue weighted by molar-refractivity contribution is -0.137. The van der Waals surface area contributed by atoms with Gasteiger partial charge in [-0.15, -0.1) is 0 Å². The summed E-state index contributed by atoms with van der Waals surface area (Å²) in [6.07, 6.45) is -0.988. The number of hydrogen-bond acceptors (Lipinski definition) is 7. The maximum atomic E-state index is 13.0. The van der Waals surface area contributed by atoms with Crippen LogP contribution in [-0.2, 0) is 16.0 Å². The van der Waals surface area contributed by atoms with Crippen LogP contribution in [0.15, 0.2) is 41.6 Å². The molecule has 0 unspecified atom stereocenters. The van der Waals surface area contributed by atoms with Gasteiger partial charge in [-0.3, -0.25) is 0 Å². The van der Waals surface area contributed by atoms with Crippen molar-refractivity contribution >= 4 is 27.3 Å². The molecule has 8 nitrogen and oxygen atoms in total. The highest BCUT2D eigenvalue weighted by atomic mass is 32.2. The van der Waals surface area contributed by atoms with Gasteiger partial charge in [0.05, 0.1) is 33.4 Å². The summed E-state index contributed by atoms with van der Waals surface area (Å²) in [5, 5.41) is 9.28. The Kier molecular flexibility index (Phi) is 5.12. The third kappa shape index (κ3) is 4.07. The van der Waals surface area contributed by atoms with Crippen LogP contribution in [-0.4, -0.2) is 40.5 Å². The molecule has 1 aliphatic rings. The molecule has 1 aromatic carbocycles. The van der Waals surface area contributed by atoms with E-state index in [0.29, 0.717) is 36.1 Å². The van der Waals surface area contributed by atoms with E-state index in [1.807, 2.05) is 0 Å². The van der Waals surface area contributed by atoms with E-state index < -0.39 is 21.6 Å². The van der Waals surface area contributed by atoms with Crippen LogP contribution in [0, 0.1) is 6.92 Å². The third-order valence-electron chi connectivity index (χ3n) is 4.96. The number of nitrogens with one attached hydrogen (secondary N) is 2. The van der Waals surface area contributed by atoms with Crippen molar-refractivity contribution in [1.82, 2.24) is 19.7 Å². The molecule has 12 heteroatoms. The van der Waals surface area contributed by atoms with Gasteiger partial charge in [0.15, 0.2) is 9.84 Å². The number of rotatable bonds is 6. The van der Waals surface area contributed by atoms with Crippen molar-refractivity contribution in [2.45, 2.75) is 36.1 Å². The molecule has 0 radical (unpaired) electrons. The van der Waals surface area contributed by atoms with Gasteiger partial charge < -0.3 is 10.6 Å². The number of anilines is 3. The van der Waals surface area contributed by atoms with Crippen LogP contribution in [0.2, 0.25) is 0 Å². The highest BCUT2D eigenvalue weighted by Crippen LogP contribution is 2.35. The molecule has 0 atom stereocenters. The van der Waals surface area contributed by atoms with Gasteiger partial charge in [0, 0.05) is 13.2 Å². The molecule has 0 bridgehead atoms. The molecular formula is C19H19F3N6O2S. The Morgan fingerprint density at radius 3 is 2.39 bits per heavy atom. The quantitative estimate of drug-likeness (QED) is 0.588. The van der Waals surface area contributed by atoms with Crippen LogP contribution in [0.3, 0.4) is 0 Å². The second-order valence-electron chi connectivity index (χ2n) is 7.12. The molecule has 164 valence electrons. The monoisotopic (exact) mass is 452 g/mol. The fraction of sp³-hybridized carbons (Fsp3) is 0.316. The van der Waals surface area contributed by atoms with Crippen LogP contribution in [0.1, 0.15) is 24.1 Å². The molecule has 0 saturated heterocycles. The van der Waals surface area contributed by atoms with Gasteiger partial charge in [0.25, 0.3) is 0 Å². The van der Waals surface area contributed by atoms with E-state index in [2.05, 4.69) is 25.7 Å². The van der Waals surface area contributed by atoms with E-state index in [-0.39, 0.29) is 21.9 Å². The highest BCUT2D eigenvalue weighted by molar-refractivity contribution is 7.92. The predicted octanol–water partition coefficient (Wildman–Crippen LogP) is 3.71. The molecular weight excluding hydrogens is 433 g/mol. The first-order valence-corrected chi connectivity index (χ1v) is 10.9. The fourth-order valence-electron chi connectivity index (χ4n) is 3.10. The van der Waals surface area contributed by atoms with Crippen LogP contribution in [0.5, 0.6) is 0 Å². The zero-order valence-corrected chi connectivity index (χ0v) is 17.4. The zero-order valence-electron chi connectivity index (χ0n) is 16.6. The Hall–Kier alpha value is -3.15. The summed E-state index contributed by atoms with van der Waals surface area (Å²) in [7, 11) is -1.93. The lowest BCUT2D eigenvalue weighted by Crippen LogP contribution is -2.12. The summed E-state index contributed by atoms with van der Waals surface area (Å²) in [4.78, 5) is 7.90. The van der Waals surface area contributed by atoms with E-state index in [4.69, 9.17) is 0 Å². The number of halogens is 3.